The molecule has 1 fully saturated rings. The average molecular weight is 444 g/mol. The van der Waals surface area contributed by atoms with Gasteiger partial charge in [-0.15, -0.1) is 0 Å². The highest BCUT2D eigenvalue weighted by molar-refractivity contribution is 5.80. The third-order valence-corrected chi connectivity index (χ3v) is 5.23. The SMILES string of the molecule is COc1ccc2ccc(=O)n(C[C@H](N=[N+]=[N-])[C@@H]3CC[C@@H](NC(=O)OC(C)(C)C)CO3)c2c1. The zero-order valence-electron chi connectivity index (χ0n) is 18.8. The number of methoxy groups -OCH3 is 1. The number of carbonyl (C=O) groups excluding carboxylic acids is 1. The van der Waals surface area contributed by atoms with Gasteiger partial charge in [-0.2, -0.15) is 0 Å². The maximum atomic E-state index is 12.6. The molecule has 0 spiro atoms. The zero-order chi connectivity index (χ0) is 23.3. The molecule has 3 atom stereocenters. The summed E-state index contributed by atoms with van der Waals surface area (Å²) in [4.78, 5) is 27.6. The molecule has 2 aromatic rings. The number of carbonyl (C=O) groups is 1. The largest absolute Gasteiger partial charge is 0.497 e. The molecule has 2 heterocycles. The second-order valence-electron chi connectivity index (χ2n) is 8.77. The van der Waals surface area contributed by atoms with E-state index in [1.807, 2.05) is 12.1 Å². The van der Waals surface area contributed by atoms with E-state index in [-0.39, 0.29) is 30.9 Å². The molecule has 1 N–H and O–H groups in total. The molecule has 1 saturated heterocycles. The van der Waals surface area contributed by atoms with Crippen LogP contribution in [0.15, 0.2) is 40.2 Å². The van der Waals surface area contributed by atoms with E-state index in [0.717, 1.165) is 5.39 Å². The van der Waals surface area contributed by atoms with Gasteiger partial charge in [0.2, 0.25) is 0 Å². The lowest BCUT2D eigenvalue weighted by molar-refractivity contribution is -0.0222. The van der Waals surface area contributed by atoms with E-state index in [2.05, 4.69) is 15.3 Å². The van der Waals surface area contributed by atoms with Gasteiger partial charge in [-0.1, -0.05) is 5.11 Å². The molecule has 0 saturated carbocycles. The summed E-state index contributed by atoms with van der Waals surface area (Å²) in [5, 5.41) is 7.60. The molecule has 1 aromatic heterocycles. The summed E-state index contributed by atoms with van der Waals surface area (Å²) >= 11 is 0. The lowest BCUT2D eigenvalue weighted by Crippen LogP contribution is -2.47. The summed E-state index contributed by atoms with van der Waals surface area (Å²) in [6, 6.07) is 7.94. The van der Waals surface area contributed by atoms with E-state index in [1.165, 1.54) is 6.07 Å². The van der Waals surface area contributed by atoms with Crippen LogP contribution < -0.4 is 15.6 Å². The molecule has 10 heteroatoms. The number of hydrogen-bond acceptors (Lipinski definition) is 6. The number of aromatic nitrogens is 1. The number of alkyl carbamates (subject to hydrolysis) is 1. The second-order valence-corrected chi connectivity index (χ2v) is 8.77. The molecule has 3 rings (SSSR count). The van der Waals surface area contributed by atoms with Crippen LogP contribution in [-0.2, 0) is 16.0 Å². The molecule has 32 heavy (non-hydrogen) atoms. The number of nitrogens with zero attached hydrogens (tertiary/aromatic N) is 4. The van der Waals surface area contributed by atoms with Crippen molar-refractivity contribution in [2.45, 2.75) is 63.9 Å². The number of amides is 1. The number of ether oxygens (including phenoxy) is 3. The molecule has 0 unspecified atom stereocenters. The Kier molecular flexibility index (Phi) is 7.27. The average Bonchev–Trinajstić information content (AvgIpc) is 2.74. The Bertz CT molecular complexity index is 1060. The maximum absolute atomic E-state index is 12.6. The van der Waals surface area contributed by atoms with Gasteiger partial charge in [0.05, 0.1) is 37.4 Å². The van der Waals surface area contributed by atoms with E-state index in [9.17, 15) is 9.59 Å². The van der Waals surface area contributed by atoms with Crippen LogP contribution in [0.1, 0.15) is 33.6 Å². The third kappa shape index (κ3) is 5.93. The Balaban J connectivity index is 1.73. The number of pyridine rings is 1. The van der Waals surface area contributed by atoms with Crippen LogP contribution in [-0.4, -0.2) is 48.2 Å². The zero-order valence-corrected chi connectivity index (χ0v) is 18.8. The highest BCUT2D eigenvalue weighted by Crippen LogP contribution is 2.23. The number of rotatable bonds is 6. The van der Waals surface area contributed by atoms with Gasteiger partial charge in [0, 0.05) is 23.6 Å². The predicted octanol–water partition coefficient (Wildman–Crippen LogP) is 3.76. The van der Waals surface area contributed by atoms with Gasteiger partial charge in [-0.25, -0.2) is 4.79 Å². The number of fused-ring (bicyclic) bond motifs is 1. The maximum Gasteiger partial charge on any atom is 0.407 e. The fraction of sp³-hybridized carbons (Fsp3) is 0.545. The van der Waals surface area contributed by atoms with Gasteiger partial charge in [-0.05, 0) is 62.7 Å². The van der Waals surface area contributed by atoms with Crippen molar-refractivity contribution in [2.75, 3.05) is 13.7 Å². The smallest absolute Gasteiger partial charge is 0.407 e. The minimum Gasteiger partial charge on any atom is -0.497 e. The Hall–Kier alpha value is -3.23. The van der Waals surface area contributed by atoms with Crippen LogP contribution in [0, 0.1) is 0 Å². The molecule has 1 amide bonds. The summed E-state index contributed by atoms with van der Waals surface area (Å²) in [5.74, 6) is 0.627. The highest BCUT2D eigenvalue weighted by Gasteiger charge is 2.30. The van der Waals surface area contributed by atoms with Gasteiger partial charge in [-0.3, -0.25) is 4.79 Å². The molecule has 172 valence electrons. The first kappa shape index (κ1) is 23.4. The minimum atomic E-state index is -0.586. The Morgan fingerprint density at radius 1 is 1.34 bits per heavy atom. The van der Waals surface area contributed by atoms with Gasteiger partial charge < -0.3 is 24.1 Å². The van der Waals surface area contributed by atoms with Gasteiger partial charge >= 0.3 is 6.09 Å². The molecule has 1 aromatic carbocycles. The lowest BCUT2D eigenvalue weighted by Gasteiger charge is -2.33. The number of benzene rings is 1. The van der Waals surface area contributed by atoms with E-state index >= 15 is 0 Å². The molecular formula is C22H29N5O5. The van der Waals surface area contributed by atoms with Crippen molar-refractivity contribution in [3.05, 3.63) is 51.1 Å². The molecule has 1 aliphatic rings. The van der Waals surface area contributed by atoms with Crippen molar-refractivity contribution in [1.29, 1.82) is 0 Å². The monoisotopic (exact) mass is 443 g/mol. The second kappa shape index (κ2) is 9.93. The first-order valence-electron chi connectivity index (χ1n) is 10.5. The molecule has 1 aliphatic heterocycles. The van der Waals surface area contributed by atoms with Crippen LogP contribution in [0.25, 0.3) is 21.3 Å². The van der Waals surface area contributed by atoms with Crippen molar-refractivity contribution in [1.82, 2.24) is 9.88 Å². The van der Waals surface area contributed by atoms with E-state index in [0.29, 0.717) is 24.1 Å². The normalized spacial score (nSPS) is 19.6. The predicted molar refractivity (Wildman–Crippen MR) is 120 cm³/mol. The van der Waals surface area contributed by atoms with E-state index < -0.39 is 17.7 Å². The van der Waals surface area contributed by atoms with E-state index in [4.69, 9.17) is 19.7 Å². The Morgan fingerprint density at radius 3 is 2.72 bits per heavy atom. The molecule has 0 aliphatic carbocycles. The van der Waals surface area contributed by atoms with Crippen LogP contribution in [0.3, 0.4) is 0 Å². The van der Waals surface area contributed by atoms with Crippen LogP contribution in [0.4, 0.5) is 4.79 Å². The van der Waals surface area contributed by atoms with Crippen LogP contribution >= 0.6 is 0 Å². The summed E-state index contributed by atoms with van der Waals surface area (Å²) in [6.07, 6.45) is 0.329. The molecule has 0 bridgehead atoms. The van der Waals surface area contributed by atoms with Crippen molar-refractivity contribution in [3.63, 3.8) is 0 Å². The summed E-state index contributed by atoms with van der Waals surface area (Å²) < 4.78 is 18.1. The molecule has 10 nitrogen and oxygen atoms in total. The van der Waals surface area contributed by atoms with Crippen molar-refractivity contribution in [3.8, 4) is 5.75 Å². The van der Waals surface area contributed by atoms with Gasteiger partial charge in [0.25, 0.3) is 5.56 Å². The Labute approximate surface area is 186 Å². The lowest BCUT2D eigenvalue weighted by atomic mass is 9.99. The molecule has 0 radical (unpaired) electrons. The molecular weight excluding hydrogens is 414 g/mol. The van der Waals surface area contributed by atoms with Gasteiger partial charge in [0.1, 0.15) is 11.4 Å². The standard InChI is InChI=1S/C22H29N5O5/c1-22(2,3)32-21(29)24-15-7-9-19(31-13-15)17(25-26-23)12-27-18-11-16(30-4)8-5-14(18)6-10-20(27)28/h5-6,8,10-11,15,17,19H,7,9,12-13H2,1-4H3,(H,24,29)/t15-,17+,19+/m1/s1. The number of azide groups is 1. The topological polar surface area (TPSA) is 128 Å². The fourth-order valence-electron chi connectivity index (χ4n) is 3.73. The van der Waals surface area contributed by atoms with Crippen LogP contribution in [0.5, 0.6) is 5.75 Å². The first-order valence-corrected chi connectivity index (χ1v) is 10.5. The third-order valence-electron chi connectivity index (χ3n) is 5.23. The van der Waals surface area contributed by atoms with Crippen molar-refractivity contribution in [2.24, 2.45) is 5.11 Å². The number of nitrogens with one attached hydrogen (secondary N) is 1. The van der Waals surface area contributed by atoms with Gasteiger partial charge in [0.15, 0.2) is 0 Å². The first-order chi connectivity index (χ1) is 15.2. The summed E-state index contributed by atoms with van der Waals surface area (Å²) in [7, 11) is 1.56. The number of hydrogen-bond donors (Lipinski definition) is 1. The van der Waals surface area contributed by atoms with Crippen molar-refractivity contribution < 1.29 is 19.0 Å². The highest BCUT2D eigenvalue weighted by atomic mass is 16.6. The van der Waals surface area contributed by atoms with Crippen molar-refractivity contribution >= 4 is 17.0 Å². The van der Waals surface area contributed by atoms with E-state index in [1.54, 1.807) is 44.6 Å². The minimum absolute atomic E-state index is 0.169. The summed E-state index contributed by atoms with van der Waals surface area (Å²) in [6.45, 7) is 5.84. The van der Waals surface area contributed by atoms with Crippen LogP contribution in [0.2, 0.25) is 0 Å². The summed E-state index contributed by atoms with van der Waals surface area (Å²) in [5.41, 5.74) is 9.02. The fourth-order valence-corrected chi connectivity index (χ4v) is 3.73. The Morgan fingerprint density at radius 2 is 2.09 bits per heavy atom. The quantitative estimate of drug-likeness (QED) is 0.413.